The first-order chi connectivity index (χ1) is 6.13. The van der Waals surface area contributed by atoms with Gasteiger partial charge in [-0.2, -0.15) is 0 Å². The van der Waals surface area contributed by atoms with E-state index in [-0.39, 0.29) is 21.4 Å². The molecule has 1 rings (SSSR count). The number of rotatable bonds is 1. The Morgan fingerprint density at radius 3 is 2.08 bits per heavy atom. The maximum atomic E-state index is 10.3. The fraction of sp³-hybridized carbons (Fsp3) is 0. The first kappa shape index (κ1) is 13.6. The summed E-state index contributed by atoms with van der Waals surface area (Å²) in [4.78, 5) is 10.3. The van der Waals surface area contributed by atoms with Crippen LogP contribution < -0.4 is 0 Å². The second-order valence-corrected chi connectivity index (χ2v) is 25.4. The van der Waals surface area contributed by atoms with Gasteiger partial charge < -0.3 is 10.2 Å². The number of carbonyl (C=O) groups is 1. The quantitative estimate of drug-likeness (QED) is 0.504. The van der Waals surface area contributed by atoms with Gasteiger partial charge in [-0.05, 0) is 12.1 Å². The minimum absolute atomic E-state index is 0.0650. The molecule has 0 fully saturated rings. The Hall–Kier alpha value is 0.573. The molecule has 2 N–H and O–H groups in total. The molecule has 0 saturated heterocycles. The van der Waals surface area contributed by atoms with Crippen LogP contribution in [0, 0.1) is 0 Å². The molecular formula is C7H6I2O3Zn. The van der Waals surface area contributed by atoms with Crippen molar-refractivity contribution in [1.82, 2.24) is 0 Å². The number of carboxylic acid groups (broad SMARTS) is 1. The maximum absolute atomic E-state index is 10.3. The van der Waals surface area contributed by atoms with Gasteiger partial charge in [-0.25, -0.2) is 4.79 Å². The van der Waals surface area contributed by atoms with Gasteiger partial charge in [0.05, 0.1) is 0 Å². The van der Waals surface area contributed by atoms with Gasteiger partial charge in [-0.1, -0.05) is 12.1 Å². The molecule has 0 saturated carbocycles. The molecule has 0 aliphatic heterocycles. The van der Waals surface area contributed by atoms with Crippen molar-refractivity contribution in [2.45, 2.75) is 0 Å². The normalized spacial score (nSPS) is 7.85. The van der Waals surface area contributed by atoms with Gasteiger partial charge in [0.1, 0.15) is 11.3 Å². The van der Waals surface area contributed by atoms with Gasteiger partial charge in [-0.3, -0.25) is 0 Å². The van der Waals surface area contributed by atoms with E-state index in [9.17, 15) is 4.79 Å². The molecule has 0 bridgehead atoms. The molecule has 0 radical (unpaired) electrons. The zero-order valence-corrected chi connectivity index (χ0v) is 13.9. The van der Waals surface area contributed by atoms with Crippen LogP contribution in [-0.4, -0.2) is 16.2 Å². The molecule has 0 atom stereocenters. The van der Waals surface area contributed by atoms with Crippen molar-refractivity contribution in [3.8, 4) is 5.75 Å². The summed E-state index contributed by atoms with van der Waals surface area (Å²) in [6.07, 6.45) is 0. The van der Waals surface area contributed by atoms with Gasteiger partial charge in [0.25, 0.3) is 0 Å². The molecule has 0 aliphatic rings. The van der Waals surface area contributed by atoms with Crippen molar-refractivity contribution < 1.29 is 25.1 Å². The standard InChI is InChI=1S/C7H6O3.2HI.Zn/c8-6-4-2-1-3-5(6)7(9)10;;;/h1-4,8H,(H,9,10);2*1H;/q;;;+2/p-2. The fourth-order valence-corrected chi connectivity index (χ4v) is 0.654. The van der Waals surface area contributed by atoms with Crippen LogP contribution in [0.4, 0.5) is 0 Å². The third-order valence-corrected chi connectivity index (χ3v) is 1.13. The predicted molar refractivity (Wildman–Crippen MR) is 63.1 cm³/mol. The second kappa shape index (κ2) is 7.93. The zero-order chi connectivity index (χ0) is 10.3. The van der Waals surface area contributed by atoms with Crippen molar-refractivity contribution in [2.75, 3.05) is 0 Å². The summed E-state index contributed by atoms with van der Waals surface area (Å²) in [6, 6.07) is 5.81. The molecule has 68 valence electrons. The zero-order valence-electron chi connectivity index (χ0n) is 6.58. The van der Waals surface area contributed by atoms with Crippen LogP contribution in [-0.2, 0) is 10.1 Å². The Bertz CT molecular complexity index is 280. The van der Waals surface area contributed by atoms with Crippen molar-refractivity contribution in [1.29, 1.82) is 0 Å². The molecule has 0 aliphatic carbocycles. The third-order valence-electron chi connectivity index (χ3n) is 1.13. The Morgan fingerprint density at radius 2 is 1.77 bits per heavy atom. The Labute approximate surface area is 105 Å². The van der Waals surface area contributed by atoms with Crippen molar-refractivity contribution in [3.05, 3.63) is 29.8 Å². The first-order valence-corrected chi connectivity index (χ1v) is 21.4. The summed E-state index contributed by atoms with van der Waals surface area (Å²) in [5.74, 6) is -1.31. The van der Waals surface area contributed by atoms with E-state index in [4.69, 9.17) is 10.2 Å². The molecule has 1 aromatic rings. The fourth-order valence-electron chi connectivity index (χ4n) is 0.654. The molecular weight excluding hydrogens is 451 g/mol. The van der Waals surface area contributed by atoms with E-state index in [2.05, 4.69) is 39.5 Å². The number of halogens is 2. The summed E-state index contributed by atoms with van der Waals surface area (Å²) in [7, 11) is 0.0650. The molecule has 1 aromatic carbocycles. The number of carboxylic acids is 1. The monoisotopic (exact) mass is 456 g/mol. The molecule has 0 spiro atoms. The van der Waals surface area contributed by atoms with E-state index in [1.54, 1.807) is 12.1 Å². The Kier molecular flexibility index (Phi) is 8.28. The average molecular weight is 457 g/mol. The van der Waals surface area contributed by atoms with Crippen LogP contribution in [0.2, 0.25) is 0 Å². The SMILES string of the molecule is O=C(O)c1ccccc1O.[I][Zn][I]. The Balaban J connectivity index is 0.000000424. The van der Waals surface area contributed by atoms with Crippen molar-refractivity contribution >= 4 is 45.5 Å². The van der Waals surface area contributed by atoms with E-state index < -0.39 is 5.97 Å². The number of benzene rings is 1. The predicted octanol–water partition coefficient (Wildman–Crippen LogP) is 2.86. The number of phenols is 1. The Morgan fingerprint density at radius 1 is 1.31 bits per heavy atom. The topological polar surface area (TPSA) is 57.5 Å². The van der Waals surface area contributed by atoms with Gasteiger partial charge >= 0.3 is 55.6 Å². The van der Waals surface area contributed by atoms with E-state index in [1.807, 2.05) is 0 Å². The van der Waals surface area contributed by atoms with Gasteiger partial charge in [0.2, 0.25) is 0 Å². The number of hydrogen-bond donors (Lipinski definition) is 2. The summed E-state index contributed by atoms with van der Waals surface area (Å²) < 4.78 is 0. The molecule has 0 unspecified atom stereocenters. The van der Waals surface area contributed by atoms with Crippen LogP contribution in [0.25, 0.3) is 0 Å². The summed E-state index contributed by atoms with van der Waals surface area (Å²) in [5.41, 5.74) is -0.0671. The molecule has 13 heavy (non-hydrogen) atoms. The van der Waals surface area contributed by atoms with Crippen LogP contribution in [0.15, 0.2) is 24.3 Å². The average Bonchev–Trinajstić information content (AvgIpc) is 2.06. The van der Waals surface area contributed by atoms with Crippen LogP contribution >= 0.6 is 39.5 Å². The first-order valence-electron chi connectivity index (χ1n) is 3.26. The minimum atomic E-state index is -1.11. The summed E-state index contributed by atoms with van der Waals surface area (Å²) in [5, 5.41) is 17.3. The van der Waals surface area contributed by atoms with Crippen LogP contribution in [0.3, 0.4) is 0 Å². The molecule has 3 nitrogen and oxygen atoms in total. The summed E-state index contributed by atoms with van der Waals surface area (Å²) >= 11 is 4.93. The second-order valence-electron chi connectivity index (χ2n) is 1.92. The molecule has 0 heterocycles. The molecule has 0 amide bonds. The van der Waals surface area contributed by atoms with Crippen molar-refractivity contribution in [3.63, 3.8) is 0 Å². The van der Waals surface area contributed by atoms with Gasteiger partial charge in [-0.15, -0.1) is 0 Å². The number of aromatic carboxylic acids is 1. The van der Waals surface area contributed by atoms with E-state index >= 15 is 0 Å². The number of aromatic hydroxyl groups is 1. The number of hydrogen-bond acceptors (Lipinski definition) is 2. The van der Waals surface area contributed by atoms with Crippen LogP contribution in [0.1, 0.15) is 10.4 Å². The summed E-state index contributed by atoms with van der Waals surface area (Å²) in [6.45, 7) is 0. The third kappa shape index (κ3) is 5.80. The van der Waals surface area contributed by atoms with E-state index in [1.165, 1.54) is 12.1 Å². The van der Waals surface area contributed by atoms with E-state index in [0.29, 0.717) is 0 Å². The molecule has 0 aromatic heterocycles. The van der Waals surface area contributed by atoms with Crippen LogP contribution in [0.5, 0.6) is 5.75 Å². The van der Waals surface area contributed by atoms with Gasteiger partial charge in [0, 0.05) is 0 Å². The van der Waals surface area contributed by atoms with Gasteiger partial charge in [0.15, 0.2) is 0 Å². The van der Waals surface area contributed by atoms with Crippen molar-refractivity contribution in [2.24, 2.45) is 0 Å². The van der Waals surface area contributed by atoms with E-state index in [0.717, 1.165) is 0 Å². The molecule has 6 heteroatoms. The number of para-hydroxylation sites is 1.